The van der Waals surface area contributed by atoms with Crippen molar-refractivity contribution in [2.24, 2.45) is 0 Å². The third-order valence-corrected chi connectivity index (χ3v) is 16.7. The first-order valence-corrected chi connectivity index (χ1v) is 34.7. The van der Waals surface area contributed by atoms with Gasteiger partial charge in [0.25, 0.3) is 0 Å². The maximum absolute atomic E-state index is 13.4. The number of terminal acetylenes is 1. The number of carbonyl (C=O) groups excluding carboxylic acids is 4. The molecule has 27 heteroatoms. The summed E-state index contributed by atoms with van der Waals surface area (Å²) in [6.07, 6.45) is 32.7. The number of amides is 4. The van der Waals surface area contributed by atoms with Crippen LogP contribution in [0.25, 0.3) is 0 Å². The zero-order valence-corrected chi connectivity index (χ0v) is 53.8. The van der Waals surface area contributed by atoms with Crippen LogP contribution in [0.5, 0.6) is 0 Å². The molecule has 3 aromatic heterocycles. The van der Waals surface area contributed by atoms with Crippen LogP contribution in [0.2, 0.25) is 0 Å². The van der Waals surface area contributed by atoms with Crippen molar-refractivity contribution in [2.45, 2.75) is 153 Å². The largest absolute Gasteiger partial charge is 0.396 e. The van der Waals surface area contributed by atoms with Gasteiger partial charge in [-0.3, -0.25) is 19.2 Å². The van der Waals surface area contributed by atoms with E-state index in [1.54, 1.807) is 45.3 Å². The topological polar surface area (TPSA) is 286 Å². The monoisotopic (exact) mass is 1250 g/mol. The van der Waals surface area contributed by atoms with Crippen LogP contribution < -0.4 is 25.8 Å². The Labute approximate surface area is 525 Å². The Bertz CT molecular complexity index is 2260. The molecule has 3 aromatic rings. The number of hydrogen-bond donors (Lipinski definition) is 5. The van der Waals surface area contributed by atoms with Crippen LogP contribution in [0.4, 0.5) is 17.8 Å². The van der Waals surface area contributed by atoms with E-state index in [0.29, 0.717) is 173 Å². The fourth-order valence-electron chi connectivity index (χ4n) is 10.3. The molecule has 2 aliphatic heterocycles. The van der Waals surface area contributed by atoms with E-state index in [1.165, 1.54) is 0 Å². The minimum Gasteiger partial charge on any atom is -0.396 e. The summed E-state index contributed by atoms with van der Waals surface area (Å²) >= 11 is 3.38. The Hall–Kier alpha value is -5.37. The second-order valence-electron chi connectivity index (χ2n) is 22.1. The summed E-state index contributed by atoms with van der Waals surface area (Å²) in [7, 11) is 0. The van der Waals surface area contributed by atoms with E-state index in [9.17, 15) is 29.4 Å². The van der Waals surface area contributed by atoms with Crippen LogP contribution in [-0.4, -0.2) is 237 Å². The Kier molecular flexibility index (Phi) is 37.4. The second-order valence-corrected chi connectivity index (χ2v) is 24.0. The van der Waals surface area contributed by atoms with Gasteiger partial charge in [0.2, 0.25) is 41.5 Å². The number of hydrogen-bond acceptors (Lipinski definition) is 21. The fourth-order valence-corrected chi connectivity index (χ4v) is 11.3. The maximum Gasteiger partial charge on any atom is 0.244 e. The molecule has 0 aliphatic carbocycles. The van der Waals surface area contributed by atoms with E-state index < -0.39 is 12.1 Å². The second kappa shape index (κ2) is 45.0. The molecule has 0 aromatic carbocycles. The number of aliphatic hydroxyl groups is 2. The Balaban J connectivity index is 0.956. The summed E-state index contributed by atoms with van der Waals surface area (Å²) < 4.78 is 19.8. The highest BCUT2D eigenvalue weighted by molar-refractivity contribution is 7.98. The standard InChI is InChI=1S/C60H102N16O9S2/c1-4-40-83-42-44-85-45-43-84-41-29-63-58-64-59(73-34-30-71(31-35-73)54(79)21-17-13-9-5-7-11-15-19-27-61-56(81)52(25-46-86-2)75-48-50(23-38-77)67-69-75)66-60(65-58)74-36-32-72(33-37-74)55(80)22-18-14-10-6-8-12-16-20-28-62-57(82)53(26-47-87-3)76-49-51(24-39-78)68-70-76/h1,48-49,52-53,77-78H,5-47H2,2-3H3,(H,61,81)(H,62,82)(H,63,64,65,66)/t52-,53+. The summed E-state index contributed by atoms with van der Waals surface area (Å²) in [4.78, 5) is 75.6. The SMILES string of the molecule is C#CCOCCOCCOCCNc1nc(N2CCN(C(=O)CCCCCCCCCCNC(=O)[C@@H](CCSC)n3cc(CCO)nn3)CC2)nc(N2CCN(C(=O)CCCCCCCCCCNC(=O)[C@H](CCSC)n3cc(CCO)nn3)CC2)n1. The van der Waals surface area contributed by atoms with E-state index in [-0.39, 0.29) is 43.4 Å². The smallest absolute Gasteiger partial charge is 0.244 e. The number of nitrogens with zero attached hydrogens (tertiary/aromatic N) is 13. The van der Waals surface area contributed by atoms with Crippen molar-refractivity contribution in [1.82, 2.24) is 65.4 Å². The van der Waals surface area contributed by atoms with Gasteiger partial charge < -0.3 is 60.0 Å². The van der Waals surface area contributed by atoms with Gasteiger partial charge in [-0.2, -0.15) is 38.5 Å². The number of aromatic nitrogens is 9. The minimum atomic E-state index is -0.409. The predicted molar refractivity (Wildman–Crippen MR) is 342 cm³/mol. The predicted octanol–water partition coefficient (Wildman–Crippen LogP) is 4.76. The lowest BCUT2D eigenvalue weighted by molar-refractivity contribution is -0.132. The first-order valence-electron chi connectivity index (χ1n) is 32.0. The molecule has 0 saturated carbocycles. The summed E-state index contributed by atoms with van der Waals surface area (Å²) in [6.45, 7) is 8.91. The average molecular weight is 1260 g/mol. The van der Waals surface area contributed by atoms with Gasteiger partial charge in [-0.1, -0.05) is 93.4 Å². The van der Waals surface area contributed by atoms with Gasteiger partial charge in [0.1, 0.15) is 18.7 Å². The molecule has 2 atom stereocenters. The molecule has 0 radical (unpaired) electrons. The van der Waals surface area contributed by atoms with Crippen LogP contribution in [0.1, 0.15) is 152 Å². The molecule has 2 saturated heterocycles. The zero-order chi connectivity index (χ0) is 61.9. The Morgan fingerprint density at radius 1 is 0.552 bits per heavy atom. The summed E-state index contributed by atoms with van der Waals surface area (Å²) in [5, 5.41) is 44.5. The Morgan fingerprint density at radius 3 is 1.37 bits per heavy atom. The molecular formula is C60H102N16O9S2. The van der Waals surface area contributed by atoms with Crippen molar-refractivity contribution in [3.63, 3.8) is 0 Å². The normalized spacial score (nSPS) is 14.3. The van der Waals surface area contributed by atoms with Gasteiger partial charge in [0.15, 0.2) is 0 Å². The maximum atomic E-state index is 13.4. The highest BCUT2D eigenvalue weighted by atomic mass is 32.2. The number of aliphatic hydroxyl groups excluding tert-OH is 2. The van der Waals surface area contributed by atoms with Crippen molar-refractivity contribution in [1.29, 1.82) is 0 Å². The van der Waals surface area contributed by atoms with Crippen molar-refractivity contribution < 1.29 is 43.6 Å². The zero-order valence-electron chi connectivity index (χ0n) is 52.2. The van der Waals surface area contributed by atoms with Gasteiger partial charge in [0, 0.05) is 123 Å². The first-order chi connectivity index (χ1) is 42.7. The van der Waals surface area contributed by atoms with Gasteiger partial charge in [-0.25, -0.2) is 9.36 Å². The molecular weight excluding hydrogens is 1150 g/mol. The lowest BCUT2D eigenvalue weighted by Gasteiger charge is -2.36. The number of carbonyl (C=O) groups is 4. The number of anilines is 3. The van der Waals surface area contributed by atoms with Crippen LogP contribution in [0.3, 0.4) is 0 Å². The lowest BCUT2D eigenvalue weighted by atomic mass is 10.1. The number of ether oxygens (including phenoxy) is 3. The van der Waals surface area contributed by atoms with Gasteiger partial charge in [-0.15, -0.1) is 16.6 Å². The summed E-state index contributed by atoms with van der Waals surface area (Å²) in [6, 6.07) is -0.818. The molecule has 2 fully saturated rings. The van der Waals surface area contributed by atoms with Gasteiger partial charge >= 0.3 is 0 Å². The van der Waals surface area contributed by atoms with Crippen LogP contribution in [0.15, 0.2) is 12.4 Å². The molecule has 0 bridgehead atoms. The molecule has 0 unspecified atom stereocenters. The molecule has 0 spiro atoms. The van der Waals surface area contributed by atoms with E-state index in [0.717, 1.165) is 114 Å². The summed E-state index contributed by atoms with van der Waals surface area (Å²) in [5.41, 5.74) is 1.36. The molecule has 5 heterocycles. The van der Waals surface area contributed by atoms with E-state index in [4.69, 9.17) is 35.6 Å². The summed E-state index contributed by atoms with van der Waals surface area (Å²) in [5.74, 6) is 5.95. The minimum absolute atomic E-state index is 0.00564. The lowest BCUT2D eigenvalue weighted by Crippen LogP contribution is -2.50. The van der Waals surface area contributed by atoms with Crippen LogP contribution >= 0.6 is 23.5 Å². The molecule has 488 valence electrons. The molecule has 2 aliphatic rings. The van der Waals surface area contributed by atoms with Gasteiger partial charge in [0.05, 0.1) is 44.4 Å². The van der Waals surface area contributed by atoms with Crippen molar-refractivity contribution >= 4 is 65.0 Å². The molecule has 87 heavy (non-hydrogen) atoms. The van der Waals surface area contributed by atoms with Crippen molar-refractivity contribution in [2.75, 3.05) is 164 Å². The van der Waals surface area contributed by atoms with Crippen molar-refractivity contribution in [3.05, 3.63) is 23.8 Å². The average Bonchev–Trinajstić information content (AvgIpc) is 4.00. The number of rotatable bonds is 49. The highest BCUT2D eigenvalue weighted by Gasteiger charge is 2.28. The Morgan fingerprint density at radius 2 is 0.954 bits per heavy atom. The quantitative estimate of drug-likeness (QED) is 0.0376. The van der Waals surface area contributed by atoms with E-state index >= 15 is 0 Å². The third-order valence-electron chi connectivity index (χ3n) is 15.4. The van der Waals surface area contributed by atoms with E-state index in [1.807, 2.05) is 22.3 Å². The molecule has 4 amide bonds. The number of piperazine rings is 2. The molecule has 5 N–H and O–H groups in total. The molecule has 5 rings (SSSR count). The van der Waals surface area contributed by atoms with Crippen LogP contribution in [-0.2, 0) is 46.2 Å². The number of thioether (sulfide) groups is 2. The van der Waals surface area contributed by atoms with Crippen LogP contribution in [0, 0.1) is 12.3 Å². The fraction of sp³-hybridized carbons (Fsp3) is 0.783. The third kappa shape index (κ3) is 28.8. The number of unbranched alkanes of at least 4 members (excludes halogenated alkanes) is 14. The van der Waals surface area contributed by atoms with E-state index in [2.05, 4.69) is 52.3 Å². The van der Waals surface area contributed by atoms with Crippen molar-refractivity contribution in [3.8, 4) is 12.3 Å². The number of nitrogens with one attached hydrogen (secondary N) is 3. The molecule has 25 nitrogen and oxygen atoms in total. The highest BCUT2D eigenvalue weighted by Crippen LogP contribution is 2.22. The van der Waals surface area contributed by atoms with Gasteiger partial charge in [-0.05, 0) is 62.5 Å². The first kappa shape index (κ1) is 72.4.